The molecule has 0 aliphatic carbocycles. The summed E-state index contributed by atoms with van der Waals surface area (Å²) in [5.41, 5.74) is 8.47. The van der Waals surface area contributed by atoms with Gasteiger partial charge in [0.15, 0.2) is 0 Å². The van der Waals surface area contributed by atoms with Gasteiger partial charge in [-0.2, -0.15) is 0 Å². The zero-order valence-electron chi connectivity index (χ0n) is 11.6. The third-order valence-corrected chi connectivity index (χ3v) is 3.36. The molecule has 3 aromatic rings. The zero-order chi connectivity index (χ0) is 14.1. The van der Waals surface area contributed by atoms with Crippen LogP contribution in [-0.4, -0.2) is 4.98 Å². The molecule has 0 spiro atoms. The highest BCUT2D eigenvalue weighted by atomic mass is 16.3. The molecule has 0 radical (unpaired) electrons. The van der Waals surface area contributed by atoms with Crippen molar-refractivity contribution in [3.63, 3.8) is 0 Å². The van der Waals surface area contributed by atoms with Crippen LogP contribution in [0.5, 0.6) is 0 Å². The van der Waals surface area contributed by atoms with Gasteiger partial charge < -0.3 is 15.5 Å². The molecule has 2 heterocycles. The SMILES string of the molecule is Cc1ccc(C(C)Nc2ccnc3c(N)cccc23)o1. The fourth-order valence-electron chi connectivity index (χ4n) is 2.32. The smallest absolute Gasteiger partial charge is 0.126 e. The Balaban J connectivity index is 1.97. The topological polar surface area (TPSA) is 64.1 Å². The van der Waals surface area contributed by atoms with E-state index in [-0.39, 0.29) is 6.04 Å². The van der Waals surface area contributed by atoms with E-state index < -0.39 is 0 Å². The molecule has 3 N–H and O–H groups in total. The van der Waals surface area contributed by atoms with Crippen molar-refractivity contribution in [3.8, 4) is 0 Å². The summed E-state index contributed by atoms with van der Waals surface area (Å²) in [4.78, 5) is 4.34. The van der Waals surface area contributed by atoms with E-state index in [1.165, 1.54) is 0 Å². The number of hydrogen-bond acceptors (Lipinski definition) is 4. The summed E-state index contributed by atoms with van der Waals surface area (Å²) in [5, 5.41) is 4.47. The second-order valence-corrected chi connectivity index (χ2v) is 4.92. The maximum absolute atomic E-state index is 5.96. The lowest BCUT2D eigenvalue weighted by Gasteiger charge is -2.15. The highest BCUT2D eigenvalue weighted by molar-refractivity contribution is 5.97. The highest BCUT2D eigenvalue weighted by Crippen LogP contribution is 2.28. The molecule has 0 fully saturated rings. The van der Waals surface area contributed by atoms with Crippen LogP contribution in [0.15, 0.2) is 47.0 Å². The van der Waals surface area contributed by atoms with Gasteiger partial charge >= 0.3 is 0 Å². The second-order valence-electron chi connectivity index (χ2n) is 4.92. The minimum Gasteiger partial charge on any atom is -0.464 e. The minimum absolute atomic E-state index is 0.0794. The van der Waals surface area contributed by atoms with Gasteiger partial charge in [-0.3, -0.25) is 4.98 Å². The number of para-hydroxylation sites is 1. The first-order valence-electron chi connectivity index (χ1n) is 6.61. The second kappa shape index (κ2) is 4.89. The van der Waals surface area contributed by atoms with Crippen molar-refractivity contribution in [3.05, 3.63) is 54.1 Å². The predicted molar refractivity (Wildman–Crippen MR) is 81.6 cm³/mol. The molecule has 4 nitrogen and oxygen atoms in total. The van der Waals surface area contributed by atoms with Crippen LogP contribution < -0.4 is 11.1 Å². The van der Waals surface area contributed by atoms with Gasteiger partial charge in [-0.15, -0.1) is 0 Å². The van der Waals surface area contributed by atoms with Crippen molar-refractivity contribution in [2.24, 2.45) is 0 Å². The van der Waals surface area contributed by atoms with E-state index in [9.17, 15) is 0 Å². The predicted octanol–water partition coefficient (Wildman–Crippen LogP) is 3.89. The number of nitrogens with one attached hydrogen (secondary N) is 1. The molecular formula is C16H17N3O. The minimum atomic E-state index is 0.0794. The third-order valence-electron chi connectivity index (χ3n) is 3.36. The fraction of sp³-hybridized carbons (Fsp3) is 0.188. The van der Waals surface area contributed by atoms with E-state index in [1.54, 1.807) is 6.20 Å². The molecule has 3 rings (SSSR count). The molecule has 4 heteroatoms. The van der Waals surface area contributed by atoms with Crippen LogP contribution in [0.4, 0.5) is 11.4 Å². The van der Waals surface area contributed by atoms with Gasteiger partial charge in [0.25, 0.3) is 0 Å². The van der Waals surface area contributed by atoms with E-state index >= 15 is 0 Å². The van der Waals surface area contributed by atoms with Gasteiger partial charge in [0.2, 0.25) is 0 Å². The lowest BCUT2D eigenvalue weighted by molar-refractivity contribution is 0.467. The number of benzene rings is 1. The number of nitrogens with zero attached hydrogens (tertiary/aromatic N) is 1. The zero-order valence-corrected chi connectivity index (χ0v) is 11.6. The van der Waals surface area contributed by atoms with E-state index in [0.29, 0.717) is 5.69 Å². The van der Waals surface area contributed by atoms with Gasteiger partial charge in [-0.05, 0) is 38.1 Å². The molecule has 0 aliphatic heterocycles. The summed E-state index contributed by atoms with van der Waals surface area (Å²) >= 11 is 0. The largest absolute Gasteiger partial charge is 0.464 e. The quantitative estimate of drug-likeness (QED) is 0.706. The molecule has 0 saturated carbocycles. The Morgan fingerprint density at radius 1 is 1.20 bits per heavy atom. The lowest BCUT2D eigenvalue weighted by Crippen LogP contribution is -2.06. The molecule has 0 amide bonds. The van der Waals surface area contributed by atoms with Crippen molar-refractivity contribution in [1.82, 2.24) is 4.98 Å². The van der Waals surface area contributed by atoms with Crippen LogP contribution in [-0.2, 0) is 0 Å². The van der Waals surface area contributed by atoms with Crippen molar-refractivity contribution in [2.75, 3.05) is 11.1 Å². The number of hydrogen-bond donors (Lipinski definition) is 2. The van der Waals surface area contributed by atoms with E-state index in [2.05, 4.69) is 17.2 Å². The Kier molecular flexibility index (Phi) is 3.06. The van der Waals surface area contributed by atoms with Gasteiger partial charge in [-0.1, -0.05) is 12.1 Å². The average molecular weight is 267 g/mol. The number of nitrogen functional groups attached to an aromatic ring is 1. The number of fused-ring (bicyclic) bond motifs is 1. The normalized spacial score (nSPS) is 12.5. The van der Waals surface area contributed by atoms with Crippen molar-refractivity contribution >= 4 is 22.3 Å². The van der Waals surface area contributed by atoms with Crippen molar-refractivity contribution in [2.45, 2.75) is 19.9 Å². The number of anilines is 2. The molecule has 1 unspecified atom stereocenters. The van der Waals surface area contributed by atoms with Crippen LogP contribution in [0.3, 0.4) is 0 Å². The number of furan rings is 1. The Hall–Kier alpha value is -2.49. The van der Waals surface area contributed by atoms with Gasteiger partial charge in [-0.25, -0.2) is 0 Å². The van der Waals surface area contributed by atoms with Crippen LogP contribution in [0, 0.1) is 6.92 Å². The standard InChI is InChI=1S/C16H17N3O/c1-10-6-7-15(20-10)11(2)19-14-8-9-18-16-12(14)4-3-5-13(16)17/h3-9,11H,17H2,1-2H3,(H,18,19). The van der Waals surface area contributed by atoms with Gasteiger partial charge in [0.05, 0.1) is 17.2 Å². The fourth-order valence-corrected chi connectivity index (χ4v) is 2.32. The molecule has 0 bridgehead atoms. The maximum atomic E-state index is 5.96. The van der Waals surface area contributed by atoms with Crippen LogP contribution in [0.1, 0.15) is 24.5 Å². The molecule has 1 atom stereocenters. The third kappa shape index (κ3) is 2.20. The first kappa shape index (κ1) is 12.5. The molecule has 0 aliphatic rings. The molecule has 102 valence electrons. The number of aromatic nitrogens is 1. The van der Waals surface area contributed by atoms with E-state index in [4.69, 9.17) is 10.2 Å². The Labute approximate surface area is 117 Å². The van der Waals surface area contributed by atoms with Crippen LogP contribution in [0.25, 0.3) is 10.9 Å². The summed E-state index contributed by atoms with van der Waals surface area (Å²) in [6.45, 7) is 4.01. The summed E-state index contributed by atoms with van der Waals surface area (Å²) in [6, 6.07) is 11.8. The molecule has 20 heavy (non-hydrogen) atoms. The van der Waals surface area contributed by atoms with Gasteiger partial charge in [0, 0.05) is 17.3 Å². The first-order chi connectivity index (χ1) is 9.65. The average Bonchev–Trinajstić information content (AvgIpc) is 2.87. The van der Waals surface area contributed by atoms with E-state index in [1.807, 2.05) is 43.3 Å². The maximum Gasteiger partial charge on any atom is 0.126 e. The summed E-state index contributed by atoms with van der Waals surface area (Å²) in [5.74, 6) is 1.83. The number of rotatable bonds is 3. The van der Waals surface area contributed by atoms with Crippen LogP contribution in [0.2, 0.25) is 0 Å². The number of pyridine rings is 1. The summed E-state index contributed by atoms with van der Waals surface area (Å²) in [6.07, 6.45) is 1.77. The monoisotopic (exact) mass is 267 g/mol. The molecule has 1 aromatic carbocycles. The van der Waals surface area contributed by atoms with Crippen molar-refractivity contribution < 1.29 is 4.42 Å². The molecular weight excluding hydrogens is 250 g/mol. The first-order valence-corrected chi connectivity index (χ1v) is 6.61. The Morgan fingerprint density at radius 3 is 2.80 bits per heavy atom. The van der Waals surface area contributed by atoms with Gasteiger partial charge in [0.1, 0.15) is 11.5 Å². The molecule has 2 aromatic heterocycles. The Bertz CT molecular complexity index is 748. The highest BCUT2D eigenvalue weighted by Gasteiger charge is 2.11. The number of aryl methyl sites for hydroxylation is 1. The summed E-state index contributed by atoms with van der Waals surface area (Å²) < 4.78 is 5.65. The Morgan fingerprint density at radius 2 is 2.05 bits per heavy atom. The summed E-state index contributed by atoms with van der Waals surface area (Å²) in [7, 11) is 0. The lowest BCUT2D eigenvalue weighted by atomic mass is 10.1. The van der Waals surface area contributed by atoms with E-state index in [0.717, 1.165) is 28.1 Å². The van der Waals surface area contributed by atoms with Crippen LogP contribution >= 0.6 is 0 Å². The molecule has 0 saturated heterocycles. The van der Waals surface area contributed by atoms with Crippen molar-refractivity contribution in [1.29, 1.82) is 0 Å². The number of nitrogens with two attached hydrogens (primary N) is 1.